The molecule has 2 N–H and O–H groups in total. The Bertz CT molecular complexity index is 268. The summed E-state index contributed by atoms with van der Waals surface area (Å²) in [5.41, 5.74) is 5.36. The quantitative estimate of drug-likeness (QED) is 0.719. The van der Waals surface area contributed by atoms with Gasteiger partial charge in [-0.2, -0.15) is 4.98 Å². The van der Waals surface area contributed by atoms with Crippen molar-refractivity contribution in [2.45, 2.75) is 19.4 Å². The second-order valence-electron chi connectivity index (χ2n) is 3.24. The Morgan fingerprint density at radius 2 is 2.46 bits per heavy atom. The van der Waals surface area contributed by atoms with Crippen LogP contribution in [0, 0.1) is 5.92 Å². The van der Waals surface area contributed by atoms with Crippen LogP contribution in [0.5, 0.6) is 0 Å². The van der Waals surface area contributed by atoms with Gasteiger partial charge in [0.2, 0.25) is 5.89 Å². The summed E-state index contributed by atoms with van der Waals surface area (Å²) in [6.07, 6.45) is 1.90. The maximum Gasteiger partial charge on any atom is 0.227 e. The molecule has 0 spiro atoms. The van der Waals surface area contributed by atoms with Gasteiger partial charge in [0.15, 0.2) is 5.82 Å². The minimum atomic E-state index is 0.338. The largest absolute Gasteiger partial charge is 0.381 e. The van der Waals surface area contributed by atoms with Crippen LogP contribution in [0.15, 0.2) is 4.52 Å². The SMILES string of the molecule is NCc1noc(CC2CCOC2)n1. The molecule has 1 aliphatic rings. The maximum atomic E-state index is 5.36. The molecule has 0 saturated carbocycles. The molecule has 5 heteroatoms. The van der Waals surface area contributed by atoms with Gasteiger partial charge >= 0.3 is 0 Å². The summed E-state index contributed by atoms with van der Waals surface area (Å²) in [5.74, 6) is 1.79. The van der Waals surface area contributed by atoms with Gasteiger partial charge in [-0.1, -0.05) is 5.16 Å². The molecule has 0 radical (unpaired) electrons. The van der Waals surface area contributed by atoms with Crippen molar-refractivity contribution >= 4 is 0 Å². The minimum Gasteiger partial charge on any atom is -0.381 e. The molecule has 0 aliphatic carbocycles. The molecular weight excluding hydrogens is 170 g/mol. The van der Waals surface area contributed by atoms with Gasteiger partial charge in [0.25, 0.3) is 0 Å². The monoisotopic (exact) mass is 183 g/mol. The standard InChI is InChI=1S/C8H13N3O2/c9-4-7-10-8(13-11-7)3-6-1-2-12-5-6/h6H,1-5,9H2. The molecule has 1 atom stereocenters. The molecule has 2 rings (SSSR count). The smallest absolute Gasteiger partial charge is 0.227 e. The summed E-state index contributed by atoms with van der Waals surface area (Å²) < 4.78 is 10.3. The first-order valence-corrected chi connectivity index (χ1v) is 4.47. The van der Waals surface area contributed by atoms with Crippen LogP contribution in [0.2, 0.25) is 0 Å². The number of hydrogen-bond donors (Lipinski definition) is 1. The normalized spacial score (nSPS) is 22.4. The summed E-state index contributed by atoms with van der Waals surface area (Å²) in [6, 6.07) is 0. The van der Waals surface area contributed by atoms with E-state index in [9.17, 15) is 0 Å². The summed E-state index contributed by atoms with van der Waals surface area (Å²) in [6.45, 7) is 1.99. The lowest BCUT2D eigenvalue weighted by Gasteiger charge is -2.00. The predicted molar refractivity (Wildman–Crippen MR) is 44.8 cm³/mol. The highest BCUT2D eigenvalue weighted by molar-refractivity contribution is 4.87. The van der Waals surface area contributed by atoms with Crippen LogP contribution in [0.4, 0.5) is 0 Å². The average molecular weight is 183 g/mol. The Kier molecular flexibility index (Phi) is 2.56. The van der Waals surface area contributed by atoms with Crippen molar-refractivity contribution < 1.29 is 9.26 Å². The zero-order valence-electron chi connectivity index (χ0n) is 7.40. The molecule has 2 heterocycles. The van der Waals surface area contributed by atoms with Crippen molar-refractivity contribution in [2.75, 3.05) is 13.2 Å². The lowest BCUT2D eigenvalue weighted by atomic mass is 10.1. The van der Waals surface area contributed by atoms with Crippen LogP contribution in [0.25, 0.3) is 0 Å². The zero-order valence-corrected chi connectivity index (χ0v) is 7.40. The Balaban J connectivity index is 1.92. The summed E-state index contributed by atoms with van der Waals surface area (Å²) in [7, 11) is 0. The van der Waals surface area contributed by atoms with E-state index in [0.717, 1.165) is 26.1 Å². The van der Waals surface area contributed by atoms with Crippen LogP contribution < -0.4 is 5.73 Å². The number of aromatic nitrogens is 2. The Hall–Kier alpha value is -0.940. The van der Waals surface area contributed by atoms with E-state index in [0.29, 0.717) is 24.2 Å². The third-order valence-electron chi connectivity index (χ3n) is 2.18. The molecule has 0 bridgehead atoms. The maximum absolute atomic E-state index is 5.36. The third kappa shape index (κ3) is 2.05. The van der Waals surface area contributed by atoms with Gasteiger partial charge in [-0.15, -0.1) is 0 Å². The van der Waals surface area contributed by atoms with Gasteiger partial charge in [0.1, 0.15) is 0 Å². The molecule has 13 heavy (non-hydrogen) atoms. The second kappa shape index (κ2) is 3.85. The zero-order chi connectivity index (χ0) is 9.10. The van der Waals surface area contributed by atoms with Gasteiger partial charge in [-0.05, 0) is 12.3 Å². The van der Waals surface area contributed by atoms with Gasteiger partial charge < -0.3 is 15.0 Å². The van der Waals surface area contributed by atoms with Gasteiger partial charge in [-0.25, -0.2) is 0 Å². The second-order valence-corrected chi connectivity index (χ2v) is 3.24. The molecule has 1 fully saturated rings. The molecule has 0 amide bonds. The summed E-state index contributed by atoms with van der Waals surface area (Å²) in [4.78, 5) is 4.13. The van der Waals surface area contributed by atoms with Crippen LogP contribution in [0.1, 0.15) is 18.1 Å². The van der Waals surface area contributed by atoms with E-state index in [1.54, 1.807) is 0 Å². The third-order valence-corrected chi connectivity index (χ3v) is 2.18. The van der Waals surface area contributed by atoms with Crippen molar-refractivity contribution in [2.24, 2.45) is 11.7 Å². The first kappa shape index (κ1) is 8.65. The van der Waals surface area contributed by atoms with Gasteiger partial charge in [-0.3, -0.25) is 0 Å². The summed E-state index contributed by atoms with van der Waals surface area (Å²) in [5, 5.41) is 3.72. The van der Waals surface area contributed by atoms with Crippen LogP contribution in [-0.2, 0) is 17.7 Å². The highest BCUT2D eigenvalue weighted by Gasteiger charge is 2.19. The molecule has 72 valence electrons. The summed E-state index contributed by atoms with van der Waals surface area (Å²) >= 11 is 0. The predicted octanol–water partition coefficient (Wildman–Crippen LogP) is 0.107. The van der Waals surface area contributed by atoms with Crippen LogP contribution in [-0.4, -0.2) is 23.4 Å². The number of ether oxygens (including phenoxy) is 1. The number of rotatable bonds is 3. The number of nitrogens with two attached hydrogens (primary N) is 1. The molecule has 1 saturated heterocycles. The highest BCUT2D eigenvalue weighted by Crippen LogP contribution is 2.16. The number of nitrogens with zero attached hydrogens (tertiary/aromatic N) is 2. The molecular formula is C8H13N3O2. The Morgan fingerprint density at radius 1 is 1.54 bits per heavy atom. The molecule has 1 unspecified atom stereocenters. The van der Waals surface area contributed by atoms with Crippen molar-refractivity contribution in [3.63, 3.8) is 0 Å². The molecule has 1 aromatic heterocycles. The van der Waals surface area contributed by atoms with Crippen molar-refractivity contribution in [3.8, 4) is 0 Å². The fraction of sp³-hybridized carbons (Fsp3) is 0.750. The van der Waals surface area contributed by atoms with Crippen LogP contribution in [0.3, 0.4) is 0 Å². The van der Waals surface area contributed by atoms with Crippen molar-refractivity contribution in [1.29, 1.82) is 0 Å². The van der Waals surface area contributed by atoms with E-state index in [-0.39, 0.29) is 0 Å². The fourth-order valence-electron chi connectivity index (χ4n) is 1.45. The van der Waals surface area contributed by atoms with Gasteiger partial charge in [0, 0.05) is 19.6 Å². The van der Waals surface area contributed by atoms with E-state index in [4.69, 9.17) is 15.0 Å². The van der Waals surface area contributed by atoms with E-state index in [1.165, 1.54) is 0 Å². The first-order chi connectivity index (χ1) is 6.38. The fourth-order valence-corrected chi connectivity index (χ4v) is 1.45. The van der Waals surface area contributed by atoms with E-state index >= 15 is 0 Å². The van der Waals surface area contributed by atoms with Crippen molar-refractivity contribution in [3.05, 3.63) is 11.7 Å². The molecule has 1 aliphatic heterocycles. The van der Waals surface area contributed by atoms with E-state index < -0.39 is 0 Å². The van der Waals surface area contributed by atoms with E-state index in [1.807, 2.05) is 0 Å². The topological polar surface area (TPSA) is 74.2 Å². The lowest BCUT2D eigenvalue weighted by Crippen LogP contribution is -2.04. The molecule has 5 nitrogen and oxygen atoms in total. The van der Waals surface area contributed by atoms with Crippen LogP contribution >= 0.6 is 0 Å². The average Bonchev–Trinajstić information content (AvgIpc) is 2.76. The van der Waals surface area contributed by atoms with Crippen molar-refractivity contribution in [1.82, 2.24) is 10.1 Å². The highest BCUT2D eigenvalue weighted by atomic mass is 16.5. The first-order valence-electron chi connectivity index (χ1n) is 4.47. The molecule has 0 aromatic carbocycles. The van der Waals surface area contributed by atoms with Gasteiger partial charge in [0.05, 0.1) is 6.54 Å². The lowest BCUT2D eigenvalue weighted by molar-refractivity contribution is 0.183. The number of hydrogen-bond acceptors (Lipinski definition) is 5. The minimum absolute atomic E-state index is 0.338. The van der Waals surface area contributed by atoms with E-state index in [2.05, 4.69) is 10.1 Å². The Morgan fingerprint density at radius 3 is 3.08 bits per heavy atom. The Labute approximate surface area is 76.3 Å². The molecule has 1 aromatic rings.